The van der Waals surface area contributed by atoms with Crippen LogP contribution in [0.5, 0.6) is 5.75 Å². The molecular weight excluding hydrogens is 478 g/mol. The van der Waals surface area contributed by atoms with Crippen LogP contribution in [0, 0.1) is 5.92 Å². The number of amides is 3. The Morgan fingerprint density at radius 2 is 1.78 bits per heavy atom. The smallest absolute Gasteiger partial charge is 0.408 e. The van der Waals surface area contributed by atoms with Crippen LogP contribution in [0.3, 0.4) is 0 Å². The van der Waals surface area contributed by atoms with Gasteiger partial charge in [0.15, 0.2) is 0 Å². The molecule has 0 radical (unpaired) electrons. The third-order valence-electron chi connectivity index (χ3n) is 5.32. The van der Waals surface area contributed by atoms with E-state index in [0.717, 1.165) is 6.42 Å². The maximum absolute atomic E-state index is 13.9. The van der Waals surface area contributed by atoms with Crippen molar-refractivity contribution in [2.24, 2.45) is 5.92 Å². The summed E-state index contributed by atoms with van der Waals surface area (Å²) in [4.78, 5) is 53.0. The van der Waals surface area contributed by atoms with Crippen molar-refractivity contribution in [1.82, 2.24) is 15.5 Å². The van der Waals surface area contributed by atoms with Crippen molar-refractivity contribution in [1.29, 1.82) is 0 Å². The lowest BCUT2D eigenvalue weighted by atomic mass is 9.98. The fourth-order valence-corrected chi connectivity index (χ4v) is 3.61. The van der Waals surface area contributed by atoms with Crippen LogP contribution < -0.4 is 10.6 Å². The Bertz CT molecular complexity index is 912. The van der Waals surface area contributed by atoms with Crippen LogP contribution in [-0.4, -0.2) is 65.2 Å². The fourth-order valence-electron chi connectivity index (χ4n) is 3.61. The predicted molar refractivity (Wildman–Crippen MR) is 140 cm³/mol. The number of esters is 1. The summed E-state index contributed by atoms with van der Waals surface area (Å²) in [7, 11) is 0. The highest BCUT2D eigenvalue weighted by Gasteiger charge is 2.37. The number of aromatic hydroxyl groups is 1. The number of nitrogens with zero attached hydrogens (tertiary/aromatic N) is 1. The molecule has 0 aliphatic carbocycles. The SMILES string of the molecule is CCCCN(C(=O)C(NC(=O)OC(C)(C)C)C(C)C)C(C(=O)NCCC(=O)OCC)c1cccc(O)c1. The molecule has 10 heteroatoms. The number of phenols is 1. The molecule has 0 saturated heterocycles. The second-order valence-corrected chi connectivity index (χ2v) is 10.1. The molecule has 0 saturated carbocycles. The molecular formula is C27H43N3O7. The number of benzene rings is 1. The number of hydrogen-bond donors (Lipinski definition) is 3. The molecule has 208 valence electrons. The number of carbonyl (C=O) groups excluding carboxylic acids is 4. The van der Waals surface area contributed by atoms with Crippen LogP contribution in [0.1, 0.15) is 79.3 Å². The summed E-state index contributed by atoms with van der Waals surface area (Å²) in [5.41, 5.74) is -0.350. The Kier molecular flexibility index (Phi) is 12.9. The van der Waals surface area contributed by atoms with E-state index in [4.69, 9.17) is 9.47 Å². The van der Waals surface area contributed by atoms with Crippen molar-refractivity contribution in [2.45, 2.75) is 85.4 Å². The molecule has 0 spiro atoms. The Hall–Kier alpha value is -3.30. The molecule has 1 aromatic carbocycles. The highest BCUT2D eigenvalue weighted by molar-refractivity contribution is 5.92. The first kappa shape index (κ1) is 31.7. The van der Waals surface area contributed by atoms with Crippen molar-refractivity contribution in [3.05, 3.63) is 29.8 Å². The molecule has 0 fully saturated rings. The monoisotopic (exact) mass is 521 g/mol. The number of rotatable bonds is 13. The summed E-state index contributed by atoms with van der Waals surface area (Å²) in [6.45, 7) is 12.9. The molecule has 0 aliphatic heterocycles. The van der Waals surface area contributed by atoms with E-state index in [2.05, 4.69) is 10.6 Å². The van der Waals surface area contributed by atoms with E-state index in [1.807, 2.05) is 6.92 Å². The Balaban J connectivity index is 3.36. The van der Waals surface area contributed by atoms with Crippen LogP contribution >= 0.6 is 0 Å². The molecule has 2 atom stereocenters. The zero-order chi connectivity index (χ0) is 28.2. The lowest BCUT2D eigenvalue weighted by Gasteiger charge is -2.35. The minimum Gasteiger partial charge on any atom is -0.508 e. The quantitative estimate of drug-likeness (QED) is 0.337. The first-order chi connectivity index (χ1) is 17.3. The van der Waals surface area contributed by atoms with Gasteiger partial charge in [-0.1, -0.05) is 39.3 Å². The van der Waals surface area contributed by atoms with E-state index in [-0.39, 0.29) is 37.8 Å². The average molecular weight is 522 g/mol. The topological polar surface area (TPSA) is 134 Å². The van der Waals surface area contributed by atoms with Crippen molar-refractivity contribution in [2.75, 3.05) is 19.7 Å². The lowest BCUT2D eigenvalue weighted by molar-refractivity contribution is -0.144. The Morgan fingerprint density at radius 1 is 1.11 bits per heavy atom. The molecule has 1 rings (SSSR count). The number of alkyl carbamates (subject to hydrolysis) is 1. The van der Waals surface area contributed by atoms with Gasteiger partial charge in [-0.3, -0.25) is 14.4 Å². The second-order valence-electron chi connectivity index (χ2n) is 10.1. The third-order valence-corrected chi connectivity index (χ3v) is 5.32. The van der Waals surface area contributed by atoms with E-state index >= 15 is 0 Å². The maximum atomic E-state index is 13.9. The summed E-state index contributed by atoms with van der Waals surface area (Å²) in [5, 5.41) is 15.5. The van der Waals surface area contributed by atoms with Gasteiger partial charge in [0.1, 0.15) is 23.4 Å². The van der Waals surface area contributed by atoms with Crippen LogP contribution in [0.15, 0.2) is 24.3 Å². The molecule has 0 aromatic heterocycles. The lowest BCUT2D eigenvalue weighted by Crippen LogP contribution is -2.55. The molecule has 0 aliphatic rings. The molecule has 1 aromatic rings. The normalized spacial score (nSPS) is 12.9. The minimum atomic E-state index is -1.10. The fraction of sp³-hybridized carbons (Fsp3) is 0.630. The number of hydrogen-bond acceptors (Lipinski definition) is 7. The van der Waals surface area contributed by atoms with Crippen LogP contribution in [0.2, 0.25) is 0 Å². The van der Waals surface area contributed by atoms with E-state index in [1.165, 1.54) is 17.0 Å². The second kappa shape index (κ2) is 15.1. The zero-order valence-electron chi connectivity index (χ0n) is 23.1. The number of phenolic OH excluding ortho intramolecular Hbond substituents is 1. The number of ether oxygens (including phenoxy) is 2. The van der Waals surface area contributed by atoms with Gasteiger partial charge < -0.3 is 30.1 Å². The van der Waals surface area contributed by atoms with Crippen LogP contribution in [-0.2, 0) is 23.9 Å². The van der Waals surface area contributed by atoms with Crippen LogP contribution in [0.25, 0.3) is 0 Å². The number of carbonyl (C=O) groups is 4. The van der Waals surface area contributed by atoms with E-state index in [0.29, 0.717) is 12.0 Å². The first-order valence-corrected chi connectivity index (χ1v) is 12.8. The summed E-state index contributed by atoms with van der Waals surface area (Å²) in [6.07, 6.45) is 0.605. The van der Waals surface area contributed by atoms with Gasteiger partial charge in [0, 0.05) is 13.1 Å². The van der Waals surface area contributed by atoms with E-state index in [1.54, 1.807) is 53.7 Å². The highest BCUT2D eigenvalue weighted by atomic mass is 16.6. The number of unbranched alkanes of at least 4 members (excludes halogenated alkanes) is 1. The summed E-state index contributed by atoms with van der Waals surface area (Å²) in [5.74, 6) is -1.78. The average Bonchev–Trinajstić information content (AvgIpc) is 2.78. The van der Waals surface area contributed by atoms with E-state index < -0.39 is 41.6 Å². The van der Waals surface area contributed by atoms with Crippen molar-refractivity contribution in [3.8, 4) is 5.75 Å². The van der Waals surface area contributed by atoms with Gasteiger partial charge in [0.25, 0.3) is 0 Å². The van der Waals surface area contributed by atoms with Gasteiger partial charge in [0.05, 0.1) is 13.0 Å². The van der Waals surface area contributed by atoms with Gasteiger partial charge in [-0.15, -0.1) is 0 Å². The van der Waals surface area contributed by atoms with Crippen molar-refractivity contribution < 1.29 is 33.8 Å². The summed E-state index contributed by atoms with van der Waals surface area (Å²) >= 11 is 0. The zero-order valence-corrected chi connectivity index (χ0v) is 23.1. The van der Waals surface area contributed by atoms with Gasteiger partial charge in [-0.05, 0) is 57.7 Å². The molecule has 0 heterocycles. The maximum Gasteiger partial charge on any atom is 0.408 e. The summed E-state index contributed by atoms with van der Waals surface area (Å²) in [6, 6.07) is 4.07. The van der Waals surface area contributed by atoms with Gasteiger partial charge in [-0.25, -0.2) is 4.79 Å². The molecule has 2 unspecified atom stereocenters. The first-order valence-electron chi connectivity index (χ1n) is 12.8. The Morgan fingerprint density at radius 3 is 2.32 bits per heavy atom. The molecule has 10 nitrogen and oxygen atoms in total. The predicted octanol–water partition coefficient (Wildman–Crippen LogP) is 3.68. The minimum absolute atomic E-state index is 0.0204. The largest absolute Gasteiger partial charge is 0.508 e. The number of nitrogens with one attached hydrogen (secondary N) is 2. The van der Waals surface area contributed by atoms with Gasteiger partial charge in [0.2, 0.25) is 11.8 Å². The highest BCUT2D eigenvalue weighted by Crippen LogP contribution is 2.27. The van der Waals surface area contributed by atoms with Crippen molar-refractivity contribution >= 4 is 23.9 Å². The standard InChI is InChI=1S/C27H43N3O7/c1-8-10-16-30(25(34)22(18(3)4)29-26(35)37-27(5,6)7)23(19-12-11-13-20(31)17-19)24(33)28-15-14-21(32)36-9-2/h11-13,17-18,22-23,31H,8-10,14-16H2,1-7H3,(H,28,33)(H,29,35). The molecule has 3 N–H and O–H groups in total. The van der Waals surface area contributed by atoms with Gasteiger partial charge >= 0.3 is 12.1 Å². The van der Waals surface area contributed by atoms with E-state index in [9.17, 15) is 24.3 Å². The van der Waals surface area contributed by atoms with Crippen molar-refractivity contribution in [3.63, 3.8) is 0 Å². The molecule has 37 heavy (non-hydrogen) atoms. The Labute approximate surface area is 220 Å². The molecule has 3 amide bonds. The third kappa shape index (κ3) is 11.1. The van der Waals surface area contributed by atoms with Crippen LogP contribution in [0.4, 0.5) is 4.79 Å². The molecule has 0 bridgehead atoms. The summed E-state index contributed by atoms with van der Waals surface area (Å²) < 4.78 is 10.3. The van der Waals surface area contributed by atoms with Gasteiger partial charge in [-0.2, -0.15) is 0 Å².